The summed E-state index contributed by atoms with van der Waals surface area (Å²) in [4.78, 5) is 0. The topological polar surface area (TPSA) is 0 Å². The SMILES string of the molecule is CC1=[C]2CC(C(C)(C)C)=C1C(C)(C)C1=C(C(C)(C)C)C[C](=C1C)[Zr+2]2.[Cl-].[Cl-]. The first-order valence-electron chi connectivity index (χ1n) is 9.41. The Morgan fingerprint density at radius 2 is 1.00 bits per heavy atom. The van der Waals surface area contributed by atoms with Gasteiger partial charge < -0.3 is 24.8 Å². The van der Waals surface area contributed by atoms with Crippen LogP contribution in [0, 0.1) is 16.2 Å². The molecule has 0 saturated heterocycles. The van der Waals surface area contributed by atoms with Crippen molar-refractivity contribution in [1.82, 2.24) is 0 Å². The molecule has 3 aliphatic rings. The van der Waals surface area contributed by atoms with Crippen LogP contribution in [0.15, 0.2) is 40.0 Å². The van der Waals surface area contributed by atoms with Crippen LogP contribution in [0.3, 0.4) is 0 Å². The van der Waals surface area contributed by atoms with Crippen LogP contribution >= 0.6 is 0 Å². The summed E-state index contributed by atoms with van der Waals surface area (Å²) in [6.45, 7) is 24.4. The average Bonchev–Trinajstić information content (AvgIpc) is 2.90. The zero-order chi connectivity index (χ0) is 18.2. The van der Waals surface area contributed by atoms with Crippen LogP contribution in [0.1, 0.15) is 82.1 Å². The summed E-state index contributed by atoms with van der Waals surface area (Å²) in [7, 11) is 0. The maximum absolute atomic E-state index is 2.50. The van der Waals surface area contributed by atoms with Gasteiger partial charge in [0.2, 0.25) is 0 Å². The predicted octanol–water partition coefficient (Wildman–Crippen LogP) is 1.16. The Bertz CT molecular complexity index is 682. The minimum absolute atomic E-state index is 0. The molecule has 0 aromatic rings. The monoisotopic (exact) mass is 470 g/mol. The van der Waals surface area contributed by atoms with Crippen molar-refractivity contribution in [1.29, 1.82) is 0 Å². The molecule has 4 bridgehead atoms. The van der Waals surface area contributed by atoms with Gasteiger partial charge in [-0.2, -0.15) is 0 Å². The molecule has 3 rings (SSSR count). The van der Waals surface area contributed by atoms with Gasteiger partial charge in [-0.15, -0.1) is 0 Å². The van der Waals surface area contributed by atoms with Gasteiger partial charge in [0.05, 0.1) is 0 Å². The van der Waals surface area contributed by atoms with E-state index in [-0.39, 0.29) is 41.1 Å². The fourth-order valence-electron chi connectivity index (χ4n) is 5.11. The van der Waals surface area contributed by atoms with Crippen molar-refractivity contribution in [2.45, 2.75) is 82.1 Å². The van der Waals surface area contributed by atoms with Crippen molar-refractivity contribution in [2.75, 3.05) is 0 Å². The molecule has 2 aliphatic carbocycles. The Labute approximate surface area is 185 Å². The average molecular weight is 473 g/mol. The Morgan fingerprint density at radius 3 is 1.27 bits per heavy atom. The van der Waals surface area contributed by atoms with Gasteiger partial charge in [0.15, 0.2) is 0 Å². The third-order valence-electron chi connectivity index (χ3n) is 6.33. The van der Waals surface area contributed by atoms with Crippen molar-refractivity contribution < 1.29 is 48.0 Å². The summed E-state index contributed by atoms with van der Waals surface area (Å²) < 4.78 is 3.71. The van der Waals surface area contributed by atoms with E-state index in [4.69, 9.17) is 0 Å². The van der Waals surface area contributed by atoms with Crippen molar-refractivity contribution in [3.05, 3.63) is 40.0 Å². The Balaban J connectivity index is 0.00000169. The maximum Gasteiger partial charge on any atom is -1.00 e. The summed E-state index contributed by atoms with van der Waals surface area (Å²) in [5.74, 6) is 0. The standard InChI is InChI=1S/C23H34.2ClH.Zr/c1-15-11-13-17(21(3,4)5)19(15)23(9,10)20-16(2)12-14-18(20)22(6,7)8;;;/h13-14H2,1-10H3;2*1H;/q;;;+2/p-2. The minimum Gasteiger partial charge on any atom is -1.00 e. The molecule has 144 valence electrons. The molecule has 0 aromatic carbocycles. The van der Waals surface area contributed by atoms with Gasteiger partial charge >= 0.3 is 162 Å². The third kappa shape index (κ3) is 3.67. The van der Waals surface area contributed by atoms with Gasteiger partial charge in [-0.3, -0.25) is 0 Å². The largest absolute Gasteiger partial charge is 1.00 e. The van der Waals surface area contributed by atoms with Crippen LogP contribution in [0.5, 0.6) is 0 Å². The van der Waals surface area contributed by atoms with E-state index in [1.54, 1.807) is 33.4 Å². The molecule has 0 fully saturated rings. The predicted molar refractivity (Wildman–Crippen MR) is 101 cm³/mol. The van der Waals surface area contributed by atoms with Gasteiger partial charge in [-0.05, 0) is 0 Å². The van der Waals surface area contributed by atoms with E-state index in [1.807, 2.05) is 6.56 Å². The first-order chi connectivity index (χ1) is 10.8. The van der Waals surface area contributed by atoms with Gasteiger partial charge in [-0.1, -0.05) is 0 Å². The van der Waals surface area contributed by atoms with E-state index in [2.05, 4.69) is 69.2 Å². The summed E-state index contributed by atoms with van der Waals surface area (Å²) >= 11 is -0.616. The molecule has 0 nitrogen and oxygen atoms in total. The van der Waals surface area contributed by atoms with E-state index in [1.165, 1.54) is 12.8 Å². The van der Waals surface area contributed by atoms with Crippen LogP contribution in [0.2, 0.25) is 0 Å². The molecule has 0 unspecified atom stereocenters. The quantitative estimate of drug-likeness (QED) is 0.497. The minimum atomic E-state index is -0.616. The fraction of sp³-hybridized carbons (Fsp3) is 0.652. The van der Waals surface area contributed by atoms with Crippen molar-refractivity contribution >= 4 is 0 Å². The van der Waals surface area contributed by atoms with Gasteiger partial charge in [0.1, 0.15) is 0 Å². The summed E-state index contributed by atoms with van der Waals surface area (Å²) in [6.07, 6.45) is 2.55. The maximum atomic E-state index is 2.50. The molecule has 0 amide bonds. The zero-order valence-corrected chi connectivity index (χ0v) is 22.1. The molecule has 0 radical (unpaired) electrons. The van der Waals surface area contributed by atoms with Gasteiger partial charge in [-0.25, -0.2) is 0 Å². The molecule has 1 heterocycles. The molecule has 1 aliphatic heterocycles. The second-order valence-corrected chi connectivity index (χ2v) is 14.1. The first-order valence-corrected chi connectivity index (χ1v) is 11.9. The number of allylic oxidation sites excluding steroid dienone is 8. The molecule has 0 N–H and O–H groups in total. The molecule has 0 atom stereocenters. The van der Waals surface area contributed by atoms with E-state index >= 15 is 0 Å². The zero-order valence-electron chi connectivity index (χ0n) is 18.2. The molecular weight excluding hydrogens is 438 g/mol. The number of halogens is 2. The van der Waals surface area contributed by atoms with Crippen molar-refractivity contribution in [3.63, 3.8) is 0 Å². The fourth-order valence-corrected chi connectivity index (χ4v) is 8.84. The third-order valence-corrected chi connectivity index (χ3v) is 10.5. The normalized spacial score (nSPS) is 21.8. The Hall–Kier alpha value is 0.423. The van der Waals surface area contributed by atoms with E-state index in [0.29, 0.717) is 0 Å². The van der Waals surface area contributed by atoms with Gasteiger partial charge in [0, 0.05) is 0 Å². The molecule has 3 heteroatoms. The molecule has 0 aromatic heterocycles. The Kier molecular flexibility index (Phi) is 6.91. The molecular formula is C23H34Cl2Zr. The molecule has 0 saturated carbocycles. The van der Waals surface area contributed by atoms with E-state index < -0.39 is 23.2 Å². The number of hydrogen-bond donors (Lipinski definition) is 0. The van der Waals surface area contributed by atoms with Crippen LogP contribution in [0.25, 0.3) is 0 Å². The Morgan fingerprint density at radius 1 is 0.692 bits per heavy atom. The second-order valence-electron chi connectivity index (χ2n) is 10.5. The number of rotatable bonds is 0. The summed E-state index contributed by atoms with van der Waals surface area (Å²) in [5, 5.41) is 0. The van der Waals surface area contributed by atoms with Crippen LogP contribution < -0.4 is 24.8 Å². The summed E-state index contributed by atoms with van der Waals surface area (Å²) in [6, 6.07) is 0. The van der Waals surface area contributed by atoms with E-state index in [0.717, 1.165) is 0 Å². The van der Waals surface area contributed by atoms with Crippen LogP contribution in [-0.2, 0) is 23.2 Å². The van der Waals surface area contributed by atoms with Crippen LogP contribution in [0.4, 0.5) is 0 Å². The van der Waals surface area contributed by atoms with Crippen LogP contribution in [-0.4, -0.2) is 0 Å². The second kappa shape index (κ2) is 7.35. The number of hydrogen-bond acceptors (Lipinski definition) is 0. The summed E-state index contributed by atoms with van der Waals surface area (Å²) in [5.41, 5.74) is 10.9. The number of fused-ring (bicyclic) bond motifs is 2. The molecule has 0 spiro atoms. The first kappa shape index (κ1) is 24.5. The molecule has 26 heavy (non-hydrogen) atoms. The van der Waals surface area contributed by atoms with Gasteiger partial charge in [0.25, 0.3) is 0 Å². The smallest absolute Gasteiger partial charge is 1.00 e. The van der Waals surface area contributed by atoms with Crippen molar-refractivity contribution in [2.24, 2.45) is 16.2 Å². The van der Waals surface area contributed by atoms with Crippen molar-refractivity contribution in [3.8, 4) is 0 Å². The van der Waals surface area contributed by atoms with E-state index in [9.17, 15) is 0 Å².